The quantitative estimate of drug-likeness (QED) is 0.278. The molecule has 0 fully saturated rings. The number of rotatable bonds is 7. The highest BCUT2D eigenvalue weighted by Gasteiger charge is 2.17. The SMILES string of the molecule is O=[N+]([O-])c1ccc(NCC(O)c2ccccc2)nc1Nc1ccc2n[nH]nc2c1. The molecule has 0 spiro atoms. The van der Waals surface area contributed by atoms with E-state index in [0.717, 1.165) is 5.56 Å². The van der Waals surface area contributed by atoms with Gasteiger partial charge in [0, 0.05) is 18.3 Å². The Hall–Kier alpha value is -4.05. The van der Waals surface area contributed by atoms with Crippen LogP contribution in [0.25, 0.3) is 11.0 Å². The summed E-state index contributed by atoms with van der Waals surface area (Å²) in [4.78, 5) is 15.2. The number of fused-ring (bicyclic) bond motifs is 1. The van der Waals surface area contributed by atoms with Gasteiger partial charge in [-0.25, -0.2) is 4.98 Å². The maximum absolute atomic E-state index is 11.4. The van der Waals surface area contributed by atoms with E-state index in [2.05, 4.69) is 31.0 Å². The molecule has 4 rings (SSSR count). The van der Waals surface area contributed by atoms with Gasteiger partial charge in [-0.05, 0) is 29.8 Å². The molecule has 2 aromatic carbocycles. The zero-order valence-corrected chi connectivity index (χ0v) is 15.1. The van der Waals surface area contributed by atoms with Crippen LogP contribution in [0.1, 0.15) is 11.7 Å². The van der Waals surface area contributed by atoms with Crippen LogP contribution in [0.15, 0.2) is 60.7 Å². The second-order valence-electron chi connectivity index (χ2n) is 6.28. The number of anilines is 3. The number of aliphatic hydroxyl groups excluding tert-OH is 1. The first kappa shape index (κ1) is 18.3. The Bertz CT molecular complexity index is 1150. The van der Waals surface area contributed by atoms with Gasteiger partial charge in [0.05, 0.1) is 11.0 Å². The van der Waals surface area contributed by atoms with E-state index in [4.69, 9.17) is 0 Å². The average molecular weight is 391 g/mol. The molecule has 2 heterocycles. The van der Waals surface area contributed by atoms with Gasteiger partial charge >= 0.3 is 5.69 Å². The Morgan fingerprint density at radius 1 is 1.07 bits per heavy atom. The third kappa shape index (κ3) is 4.12. The number of aliphatic hydroxyl groups is 1. The number of aromatic nitrogens is 4. The van der Waals surface area contributed by atoms with Crippen LogP contribution in [-0.2, 0) is 0 Å². The van der Waals surface area contributed by atoms with Crippen LogP contribution in [0.5, 0.6) is 0 Å². The first-order valence-corrected chi connectivity index (χ1v) is 8.80. The monoisotopic (exact) mass is 391 g/mol. The van der Waals surface area contributed by atoms with E-state index in [0.29, 0.717) is 22.5 Å². The summed E-state index contributed by atoms with van der Waals surface area (Å²) in [6.45, 7) is 0.208. The number of hydrogen-bond donors (Lipinski definition) is 4. The fourth-order valence-electron chi connectivity index (χ4n) is 2.84. The number of hydrogen-bond acceptors (Lipinski definition) is 8. The lowest BCUT2D eigenvalue weighted by Gasteiger charge is -2.13. The molecule has 10 nitrogen and oxygen atoms in total. The van der Waals surface area contributed by atoms with Crippen molar-refractivity contribution in [3.05, 3.63) is 76.3 Å². The molecule has 1 atom stereocenters. The number of H-pyrrole nitrogens is 1. The van der Waals surface area contributed by atoms with E-state index < -0.39 is 11.0 Å². The predicted octanol–water partition coefficient (Wildman–Crippen LogP) is 3.15. The molecule has 0 aliphatic rings. The smallest absolute Gasteiger partial charge is 0.311 e. The van der Waals surface area contributed by atoms with Crippen LogP contribution in [0.4, 0.5) is 23.0 Å². The second kappa shape index (κ2) is 7.90. The standard InChI is InChI=1S/C19H17N7O3/c27-17(12-4-2-1-3-5-12)11-20-18-9-8-16(26(28)29)19(22-18)21-13-6-7-14-15(10-13)24-25-23-14/h1-10,17,27H,11H2,(H2,20,21,22)(H,23,24,25). The summed E-state index contributed by atoms with van der Waals surface area (Å²) in [5, 5.41) is 38.1. The van der Waals surface area contributed by atoms with Gasteiger partial charge in [-0.1, -0.05) is 30.3 Å². The Morgan fingerprint density at radius 2 is 1.86 bits per heavy atom. The summed E-state index contributed by atoms with van der Waals surface area (Å²) in [5.41, 5.74) is 2.49. The maximum Gasteiger partial charge on any atom is 0.311 e. The van der Waals surface area contributed by atoms with Gasteiger partial charge in [-0.3, -0.25) is 10.1 Å². The van der Waals surface area contributed by atoms with Crippen LogP contribution < -0.4 is 10.6 Å². The lowest BCUT2D eigenvalue weighted by Crippen LogP contribution is -2.13. The minimum absolute atomic E-state index is 0.0806. The lowest BCUT2D eigenvalue weighted by molar-refractivity contribution is -0.384. The summed E-state index contributed by atoms with van der Waals surface area (Å²) < 4.78 is 0. The fraction of sp³-hybridized carbons (Fsp3) is 0.105. The van der Waals surface area contributed by atoms with Crippen molar-refractivity contribution in [2.75, 3.05) is 17.2 Å². The molecular weight excluding hydrogens is 374 g/mol. The molecule has 146 valence electrons. The van der Waals surface area contributed by atoms with Crippen LogP contribution >= 0.6 is 0 Å². The fourth-order valence-corrected chi connectivity index (χ4v) is 2.84. The number of benzene rings is 2. The molecule has 0 saturated carbocycles. The molecule has 0 aliphatic heterocycles. The number of nitro groups is 1. The second-order valence-corrected chi connectivity index (χ2v) is 6.28. The van der Waals surface area contributed by atoms with Gasteiger partial charge < -0.3 is 15.7 Å². The largest absolute Gasteiger partial charge is 0.387 e. The van der Waals surface area contributed by atoms with Gasteiger partial charge in [-0.2, -0.15) is 15.4 Å². The topological polar surface area (TPSA) is 142 Å². The molecule has 0 bridgehead atoms. The van der Waals surface area contributed by atoms with Gasteiger partial charge in [0.25, 0.3) is 0 Å². The van der Waals surface area contributed by atoms with Crippen molar-refractivity contribution in [1.29, 1.82) is 0 Å². The number of pyridine rings is 1. The molecule has 2 aromatic heterocycles. The van der Waals surface area contributed by atoms with Gasteiger partial charge in [-0.15, -0.1) is 0 Å². The number of nitrogens with zero attached hydrogens (tertiary/aromatic N) is 4. The van der Waals surface area contributed by atoms with Crippen molar-refractivity contribution in [3.63, 3.8) is 0 Å². The van der Waals surface area contributed by atoms with E-state index in [9.17, 15) is 15.2 Å². The van der Waals surface area contributed by atoms with Crippen LogP contribution in [0.3, 0.4) is 0 Å². The Balaban J connectivity index is 1.54. The first-order chi connectivity index (χ1) is 14.1. The highest BCUT2D eigenvalue weighted by molar-refractivity contribution is 5.80. The molecule has 0 saturated heterocycles. The van der Waals surface area contributed by atoms with E-state index in [1.165, 1.54) is 12.1 Å². The van der Waals surface area contributed by atoms with Crippen molar-refractivity contribution >= 4 is 34.0 Å². The predicted molar refractivity (Wildman–Crippen MR) is 108 cm³/mol. The number of aromatic amines is 1. The molecule has 1 unspecified atom stereocenters. The van der Waals surface area contributed by atoms with Crippen LogP contribution in [0.2, 0.25) is 0 Å². The zero-order chi connectivity index (χ0) is 20.2. The first-order valence-electron chi connectivity index (χ1n) is 8.80. The van der Waals surface area contributed by atoms with E-state index in [1.54, 1.807) is 18.2 Å². The highest BCUT2D eigenvalue weighted by Crippen LogP contribution is 2.28. The minimum atomic E-state index is -0.737. The summed E-state index contributed by atoms with van der Waals surface area (Å²) >= 11 is 0. The minimum Gasteiger partial charge on any atom is -0.387 e. The van der Waals surface area contributed by atoms with Gasteiger partial charge in [0.2, 0.25) is 5.82 Å². The van der Waals surface area contributed by atoms with Crippen molar-refractivity contribution in [2.24, 2.45) is 0 Å². The third-order valence-electron chi connectivity index (χ3n) is 4.31. The summed E-state index contributed by atoms with van der Waals surface area (Å²) in [5.74, 6) is 0.479. The molecule has 4 N–H and O–H groups in total. The maximum atomic E-state index is 11.4. The van der Waals surface area contributed by atoms with Gasteiger partial charge in [0.1, 0.15) is 16.9 Å². The van der Waals surface area contributed by atoms with Crippen molar-refractivity contribution < 1.29 is 10.0 Å². The molecule has 10 heteroatoms. The molecule has 29 heavy (non-hydrogen) atoms. The lowest BCUT2D eigenvalue weighted by atomic mass is 10.1. The normalized spacial score (nSPS) is 11.9. The van der Waals surface area contributed by atoms with Crippen molar-refractivity contribution in [3.8, 4) is 0 Å². The Labute approximate surface area is 164 Å². The van der Waals surface area contributed by atoms with Crippen LogP contribution in [-0.4, -0.2) is 37.0 Å². The molecule has 0 radical (unpaired) electrons. The van der Waals surface area contributed by atoms with Crippen LogP contribution in [0, 0.1) is 10.1 Å². The average Bonchev–Trinajstić information content (AvgIpc) is 3.20. The molecule has 4 aromatic rings. The highest BCUT2D eigenvalue weighted by atomic mass is 16.6. The zero-order valence-electron chi connectivity index (χ0n) is 15.1. The Kier molecular flexibility index (Phi) is 4.99. The van der Waals surface area contributed by atoms with E-state index in [-0.39, 0.29) is 18.1 Å². The summed E-state index contributed by atoms with van der Waals surface area (Å²) in [6.07, 6.45) is -0.737. The summed E-state index contributed by atoms with van der Waals surface area (Å²) in [6, 6.07) is 17.3. The van der Waals surface area contributed by atoms with E-state index in [1.807, 2.05) is 30.3 Å². The van der Waals surface area contributed by atoms with Crippen molar-refractivity contribution in [1.82, 2.24) is 20.4 Å². The summed E-state index contributed by atoms with van der Waals surface area (Å²) in [7, 11) is 0. The van der Waals surface area contributed by atoms with E-state index >= 15 is 0 Å². The van der Waals surface area contributed by atoms with Gasteiger partial charge in [0.15, 0.2) is 0 Å². The molecular formula is C19H17N7O3. The third-order valence-corrected chi connectivity index (χ3v) is 4.31. The molecule has 0 aliphatic carbocycles. The molecule has 0 amide bonds. The van der Waals surface area contributed by atoms with Crippen molar-refractivity contribution in [2.45, 2.75) is 6.10 Å². The Morgan fingerprint density at radius 3 is 2.66 bits per heavy atom. The number of nitrogens with one attached hydrogen (secondary N) is 3.